The lowest BCUT2D eigenvalue weighted by Gasteiger charge is -2.16. The average molecular weight is 356 g/mol. The SMILES string of the molecule is C=CC(=O)Nc1ccc(Oc2ncc(C)cc2N)c(OCCN(C)C)c1. The standard InChI is InChI=1S/C19H24N4O3/c1-5-18(24)22-14-6-7-16(17(11-14)25-9-8-23(3)4)26-19-15(20)10-13(2)12-21-19/h5-7,10-12H,1,8-9,20H2,2-4H3,(H,22,24). The van der Waals surface area contributed by atoms with Gasteiger partial charge in [-0.3, -0.25) is 4.79 Å². The molecule has 0 aliphatic carbocycles. The summed E-state index contributed by atoms with van der Waals surface area (Å²) in [6.45, 7) is 6.53. The molecule has 7 heteroatoms. The summed E-state index contributed by atoms with van der Waals surface area (Å²) in [5, 5.41) is 2.70. The second-order valence-corrected chi connectivity index (χ2v) is 6.02. The van der Waals surface area contributed by atoms with Crippen molar-refractivity contribution in [3.05, 3.63) is 48.7 Å². The van der Waals surface area contributed by atoms with Crippen molar-refractivity contribution in [3.8, 4) is 17.4 Å². The molecule has 1 heterocycles. The molecule has 1 aromatic heterocycles. The predicted molar refractivity (Wildman–Crippen MR) is 103 cm³/mol. The molecule has 0 unspecified atom stereocenters. The van der Waals surface area contributed by atoms with Crippen molar-refractivity contribution in [1.82, 2.24) is 9.88 Å². The highest BCUT2D eigenvalue weighted by molar-refractivity contribution is 5.99. The topological polar surface area (TPSA) is 89.7 Å². The van der Waals surface area contributed by atoms with Crippen molar-refractivity contribution in [2.24, 2.45) is 0 Å². The van der Waals surface area contributed by atoms with Crippen LogP contribution in [0.25, 0.3) is 0 Å². The maximum absolute atomic E-state index is 11.5. The van der Waals surface area contributed by atoms with Gasteiger partial charge in [0.25, 0.3) is 0 Å². The van der Waals surface area contributed by atoms with Gasteiger partial charge >= 0.3 is 0 Å². The van der Waals surface area contributed by atoms with E-state index in [2.05, 4.69) is 16.9 Å². The summed E-state index contributed by atoms with van der Waals surface area (Å²) < 4.78 is 11.7. The van der Waals surface area contributed by atoms with E-state index in [0.29, 0.717) is 35.4 Å². The number of aryl methyl sites for hydroxylation is 1. The van der Waals surface area contributed by atoms with E-state index in [4.69, 9.17) is 15.2 Å². The Morgan fingerprint density at radius 2 is 2.12 bits per heavy atom. The minimum Gasteiger partial charge on any atom is -0.488 e. The summed E-state index contributed by atoms with van der Waals surface area (Å²) in [6.07, 6.45) is 2.88. The van der Waals surface area contributed by atoms with E-state index in [1.165, 1.54) is 6.08 Å². The molecule has 0 spiro atoms. The van der Waals surface area contributed by atoms with E-state index in [-0.39, 0.29) is 5.91 Å². The molecule has 138 valence electrons. The van der Waals surface area contributed by atoms with Crippen LogP contribution in [0.2, 0.25) is 0 Å². The molecular weight excluding hydrogens is 332 g/mol. The van der Waals surface area contributed by atoms with E-state index >= 15 is 0 Å². The second-order valence-electron chi connectivity index (χ2n) is 6.02. The van der Waals surface area contributed by atoms with E-state index < -0.39 is 0 Å². The molecule has 0 aliphatic rings. The number of nitrogens with one attached hydrogen (secondary N) is 1. The first-order valence-corrected chi connectivity index (χ1v) is 8.14. The molecule has 0 radical (unpaired) electrons. The highest BCUT2D eigenvalue weighted by Crippen LogP contribution is 2.35. The molecule has 2 rings (SSSR count). The van der Waals surface area contributed by atoms with E-state index in [1.807, 2.05) is 25.9 Å². The number of pyridine rings is 1. The quantitative estimate of drug-likeness (QED) is 0.707. The van der Waals surface area contributed by atoms with E-state index in [1.54, 1.807) is 30.5 Å². The Labute approximate surface area is 153 Å². The van der Waals surface area contributed by atoms with Gasteiger partial charge in [0.1, 0.15) is 6.61 Å². The predicted octanol–water partition coefficient (Wildman–Crippen LogP) is 2.83. The number of benzene rings is 1. The smallest absolute Gasteiger partial charge is 0.247 e. The number of carbonyl (C=O) groups excluding carboxylic acids is 1. The monoisotopic (exact) mass is 356 g/mol. The van der Waals surface area contributed by atoms with Crippen LogP contribution in [0, 0.1) is 6.92 Å². The number of anilines is 2. The van der Waals surface area contributed by atoms with Crippen LogP contribution in [0.15, 0.2) is 43.1 Å². The third-order valence-electron chi connectivity index (χ3n) is 3.41. The number of nitrogens with two attached hydrogens (primary N) is 1. The molecular formula is C19H24N4O3. The highest BCUT2D eigenvalue weighted by Gasteiger charge is 2.12. The zero-order valence-corrected chi connectivity index (χ0v) is 15.3. The Kier molecular flexibility index (Phi) is 6.57. The molecule has 3 N–H and O–H groups in total. The number of likely N-dealkylation sites (N-methyl/N-ethyl adjacent to an activating group) is 1. The molecule has 2 aromatic rings. The first kappa shape index (κ1) is 19.3. The Morgan fingerprint density at radius 1 is 1.35 bits per heavy atom. The van der Waals surface area contributed by atoms with Gasteiger partial charge in [0.15, 0.2) is 11.5 Å². The number of hydrogen-bond donors (Lipinski definition) is 2. The summed E-state index contributed by atoms with van der Waals surface area (Å²) in [7, 11) is 3.91. The first-order chi connectivity index (χ1) is 12.4. The van der Waals surface area contributed by atoms with E-state index in [0.717, 1.165) is 12.1 Å². The number of hydrogen-bond acceptors (Lipinski definition) is 6. The number of carbonyl (C=O) groups is 1. The Bertz CT molecular complexity index is 790. The van der Waals surface area contributed by atoms with Gasteiger partial charge in [-0.2, -0.15) is 0 Å². The first-order valence-electron chi connectivity index (χ1n) is 8.14. The minimum atomic E-state index is -0.303. The van der Waals surface area contributed by atoms with Gasteiger partial charge in [-0.1, -0.05) is 6.58 Å². The summed E-state index contributed by atoms with van der Waals surface area (Å²) in [6, 6.07) is 6.88. The minimum absolute atomic E-state index is 0.302. The zero-order valence-electron chi connectivity index (χ0n) is 15.3. The Hall–Kier alpha value is -3.06. The van der Waals surface area contributed by atoms with Crippen LogP contribution in [0.1, 0.15) is 5.56 Å². The van der Waals surface area contributed by atoms with Crippen LogP contribution in [0.3, 0.4) is 0 Å². The van der Waals surface area contributed by atoms with Gasteiger partial charge in [-0.25, -0.2) is 4.98 Å². The molecule has 0 saturated carbocycles. The lowest BCUT2D eigenvalue weighted by atomic mass is 10.2. The molecule has 7 nitrogen and oxygen atoms in total. The van der Waals surface area contributed by atoms with Gasteiger partial charge in [0.2, 0.25) is 11.8 Å². The fourth-order valence-electron chi connectivity index (χ4n) is 2.08. The van der Waals surface area contributed by atoms with Crippen molar-refractivity contribution in [2.45, 2.75) is 6.92 Å². The molecule has 0 aliphatic heterocycles. The van der Waals surface area contributed by atoms with E-state index in [9.17, 15) is 4.79 Å². The maximum atomic E-state index is 11.5. The summed E-state index contributed by atoms with van der Waals surface area (Å²) in [4.78, 5) is 17.7. The fourth-order valence-corrected chi connectivity index (χ4v) is 2.08. The average Bonchev–Trinajstić information content (AvgIpc) is 2.58. The third kappa shape index (κ3) is 5.49. The number of nitrogens with zero attached hydrogens (tertiary/aromatic N) is 2. The van der Waals surface area contributed by atoms with Gasteiger partial charge < -0.3 is 25.4 Å². The zero-order chi connectivity index (χ0) is 19.1. The van der Waals surface area contributed by atoms with Crippen molar-refractivity contribution >= 4 is 17.3 Å². The van der Waals surface area contributed by atoms with Gasteiger partial charge in [-0.15, -0.1) is 0 Å². The van der Waals surface area contributed by atoms with Crippen LogP contribution in [-0.4, -0.2) is 43.0 Å². The van der Waals surface area contributed by atoms with Crippen molar-refractivity contribution < 1.29 is 14.3 Å². The normalized spacial score (nSPS) is 10.5. The van der Waals surface area contributed by atoms with Gasteiger partial charge in [0.05, 0.1) is 5.69 Å². The van der Waals surface area contributed by atoms with Gasteiger partial charge in [0, 0.05) is 24.5 Å². The number of amides is 1. The number of aromatic nitrogens is 1. The van der Waals surface area contributed by atoms with Crippen LogP contribution in [0.4, 0.5) is 11.4 Å². The fraction of sp³-hybridized carbons (Fsp3) is 0.263. The molecule has 0 fully saturated rings. The summed E-state index contributed by atoms with van der Waals surface area (Å²) >= 11 is 0. The second kappa shape index (κ2) is 8.87. The van der Waals surface area contributed by atoms with Crippen LogP contribution >= 0.6 is 0 Å². The molecule has 0 saturated heterocycles. The molecule has 0 atom stereocenters. The van der Waals surface area contributed by atoms with Crippen molar-refractivity contribution in [2.75, 3.05) is 38.3 Å². The van der Waals surface area contributed by atoms with Crippen LogP contribution in [-0.2, 0) is 4.79 Å². The van der Waals surface area contributed by atoms with Gasteiger partial charge in [-0.05, 0) is 50.9 Å². The molecule has 0 bridgehead atoms. The number of rotatable bonds is 8. The third-order valence-corrected chi connectivity index (χ3v) is 3.41. The number of ether oxygens (including phenoxy) is 2. The summed E-state index contributed by atoms with van der Waals surface area (Å²) in [5.74, 6) is 0.942. The summed E-state index contributed by atoms with van der Waals surface area (Å²) in [5.41, 5.74) is 7.93. The highest BCUT2D eigenvalue weighted by atomic mass is 16.5. The largest absolute Gasteiger partial charge is 0.488 e. The Balaban J connectivity index is 2.26. The molecule has 1 aromatic carbocycles. The number of nitrogen functional groups attached to an aromatic ring is 1. The van der Waals surface area contributed by atoms with Crippen LogP contribution < -0.4 is 20.5 Å². The van der Waals surface area contributed by atoms with Crippen LogP contribution in [0.5, 0.6) is 17.4 Å². The van der Waals surface area contributed by atoms with Crippen molar-refractivity contribution in [1.29, 1.82) is 0 Å². The molecule has 1 amide bonds. The molecule has 26 heavy (non-hydrogen) atoms. The lowest BCUT2D eigenvalue weighted by molar-refractivity contribution is -0.111. The maximum Gasteiger partial charge on any atom is 0.247 e. The Morgan fingerprint density at radius 3 is 2.77 bits per heavy atom. The lowest BCUT2D eigenvalue weighted by Crippen LogP contribution is -2.19. The van der Waals surface area contributed by atoms with Crippen molar-refractivity contribution in [3.63, 3.8) is 0 Å².